The summed E-state index contributed by atoms with van der Waals surface area (Å²) < 4.78 is 13.2. The third kappa shape index (κ3) is 2.62. The summed E-state index contributed by atoms with van der Waals surface area (Å²) >= 11 is 0. The maximum atomic E-state index is 13.2. The number of nitrogens with one attached hydrogen (secondary N) is 1. The van der Waals surface area contributed by atoms with E-state index in [1.807, 2.05) is 30.5 Å². The smallest absolute Gasteiger partial charge is 0.126 e. The minimum Gasteiger partial charge on any atom is -0.381 e. The van der Waals surface area contributed by atoms with E-state index in [0.717, 1.165) is 22.0 Å². The van der Waals surface area contributed by atoms with Crippen molar-refractivity contribution in [2.45, 2.75) is 13.5 Å². The van der Waals surface area contributed by atoms with Crippen molar-refractivity contribution in [2.75, 3.05) is 5.32 Å². The second-order valence-electron chi connectivity index (χ2n) is 4.87. The molecule has 0 aliphatic heterocycles. The van der Waals surface area contributed by atoms with Crippen LogP contribution in [-0.2, 0) is 6.54 Å². The molecule has 0 fully saturated rings. The van der Waals surface area contributed by atoms with Crippen LogP contribution in [-0.4, -0.2) is 4.98 Å². The Balaban J connectivity index is 1.77. The van der Waals surface area contributed by atoms with Gasteiger partial charge in [-0.15, -0.1) is 0 Å². The molecule has 3 heteroatoms. The highest BCUT2D eigenvalue weighted by Crippen LogP contribution is 2.19. The first-order valence-corrected chi connectivity index (χ1v) is 6.55. The Labute approximate surface area is 117 Å². The van der Waals surface area contributed by atoms with E-state index < -0.39 is 0 Å². The predicted molar refractivity (Wildman–Crippen MR) is 80.2 cm³/mol. The van der Waals surface area contributed by atoms with Crippen molar-refractivity contribution in [1.29, 1.82) is 0 Å². The number of rotatable bonds is 3. The fraction of sp³-hybridized carbons (Fsp3) is 0.118. The largest absolute Gasteiger partial charge is 0.381 e. The highest BCUT2D eigenvalue weighted by molar-refractivity contribution is 5.84. The van der Waals surface area contributed by atoms with Crippen LogP contribution < -0.4 is 5.32 Å². The molecule has 0 unspecified atom stereocenters. The molecule has 3 aromatic rings. The van der Waals surface area contributed by atoms with E-state index in [9.17, 15) is 4.39 Å². The summed E-state index contributed by atoms with van der Waals surface area (Å²) in [6.45, 7) is 2.46. The first-order valence-electron chi connectivity index (χ1n) is 6.55. The van der Waals surface area contributed by atoms with E-state index >= 15 is 0 Å². The van der Waals surface area contributed by atoms with Crippen molar-refractivity contribution < 1.29 is 4.39 Å². The van der Waals surface area contributed by atoms with Crippen molar-refractivity contribution in [1.82, 2.24) is 4.98 Å². The number of fused-ring (bicyclic) bond motifs is 1. The number of anilines is 1. The predicted octanol–water partition coefficient (Wildman–Crippen LogP) is 4.29. The van der Waals surface area contributed by atoms with Crippen LogP contribution in [0.1, 0.15) is 11.1 Å². The highest BCUT2D eigenvalue weighted by Gasteiger charge is 2.00. The molecular weight excluding hydrogens is 251 g/mol. The summed E-state index contributed by atoms with van der Waals surface area (Å²) in [5.74, 6) is -0.160. The van der Waals surface area contributed by atoms with Gasteiger partial charge in [0.05, 0.1) is 0 Å². The SMILES string of the molecule is Cc1cc(CNc2ccc3cnccc3c2)ccc1F. The molecule has 0 aliphatic rings. The topological polar surface area (TPSA) is 24.9 Å². The normalized spacial score (nSPS) is 10.7. The molecular formula is C17H15FN2. The van der Waals surface area contributed by atoms with Crippen molar-refractivity contribution in [3.63, 3.8) is 0 Å². The molecule has 0 aliphatic carbocycles. The maximum absolute atomic E-state index is 13.2. The number of nitrogens with zero attached hydrogens (tertiary/aromatic N) is 1. The lowest BCUT2D eigenvalue weighted by Gasteiger charge is -2.08. The van der Waals surface area contributed by atoms with Gasteiger partial charge in [0.15, 0.2) is 0 Å². The van der Waals surface area contributed by atoms with Crippen LogP contribution in [0.5, 0.6) is 0 Å². The number of benzene rings is 2. The second kappa shape index (κ2) is 5.29. The molecule has 0 bridgehead atoms. The zero-order chi connectivity index (χ0) is 13.9. The molecule has 0 amide bonds. The van der Waals surface area contributed by atoms with E-state index in [2.05, 4.69) is 16.4 Å². The number of aromatic nitrogens is 1. The van der Waals surface area contributed by atoms with Gasteiger partial charge in [0, 0.05) is 30.0 Å². The Hall–Kier alpha value is -2.42. The van der Waals surface area contributed by atoms with Gasteiger partial charge in [0.2, 0.25) is 0 Å². The lowest BCUT2D eigenvalue weighted by atomic mass is 10.1. The molecule has 0 spiro atoms. The van der Waals surface area contributed by atoms with Gasteiger partial charge in [-0.1, -0.05) is 18.2 Å². The summed E-state index contributed by atoms with van der Waals surface area (Å²) in [6, 6.07) is 13.3. The molecule has 0 saturated heterocycles. The molecule has 0 atom stereocenters. The maximum Gasteiger partial charge on any atom is 0.126 e. The van der Waals surface area contributed by atoms with Crippen molar-refractivity contribution in [3.8, 4) is 0 Å². The standard InChI is InChI=1S/C17H15FN2/c1-12-8-13(2-5-17(12)18)10-20-16-4-3-15-11-19-7-6-14(15)9-16/h2-9,11,20H,10H2,1H3. The Morgan fingerprint density at radius 1 is 1.05 bits per heavy atom. The summed E-state index contributed by atoms with van der Waals surface area (Å²) in [6.07, 6.45) is 3.64. The van der Waals surface area contributed by atoms with Gasteiger partial charge in [-0.2, -0.15) is 0 Å². The molecule has 20 heavy (non-hydrogen) atoms. The quantitative estimate of drug-likeness (QED) is 0.764. The number of aryl methyl sites for hydroxylation is 1. The van der Waals surface area contributed by atoms with Gasteiger partial charge in [0.1, 0.15) is 5.82 Å². The average Bonchev–Trinajstić information content (AvgIpc) is 2.48. The summed E-state index contributed by atoms with van der Waals surface area (Å²) in [4.78, 5) is 4.10. The molecule has 0 saturated carbocycles. The van der Waals surface area contributed by atoms with E-state index in [0.29, 0.717) is 12.1 Å². The zero-order valence-corrected chi connectivity index (χ0v) is 11.2. The van der Waals surface area contributed by atoms with Gasteiger partial charge in [-0.25, -0.2) is 4.39 Å². The number of pyridine rings is 1. The Morgan fingerprint density at radius 3 is 2.80 bits per heavy atom. The van der Waals surface area contributed by atoms with E-state index in [1.165, 1.54) is 6.07 Å². The van der Waals surface area contributed by atoms with Gasteiger partial charge < -0.3 is 5.32 Å². The summed E-state index contributed by atoms with van der Waals surface area (Å²) in [5, 5.41) is 5.63. The van der Waals surface area contributed by atoms with Crippen molar-refractivity contribution in [3.05, 3.63) is 71.8 Å². The lowest BCUT2D eigenvalue weighted by molar-refractivity contribution is 0.617. The molecule has 3 rings (SSSR count). The second-order valence-corrected chi connectivity index (χ2v) is 4.87. The van der Waals surface area contributed by atoms with E-state index in [1.54, 1.807) is 19.2 Å². The van der Waals surface area contributed by atoms with Gasteiger partial charge in [-0.05, 0) is 47.7 Å². The summed E-state index contributed by atoms with van der Waals surface area (Å²) in [7, 11) is 0. The van der Waals surface area contributed by atoms with Crippen LogP contribution >= 0.6 is 0 Å². The first kappa shape index (κ1) is 12.6. The molecule has 2 aromatic carbocycles. The number of hydrogen-bond acceptors (Lipinski definition) is 2. The summed E-state index contributed by atoms with van der Waals surface area (Å²) in [5.41, 5.74) is 2.79. The molecule has 100 valence electrons. The lowest BCUT2D eigenvalue weighted by Crippen LogP contribution is -2.00. The molecule has 1 heterocycles. The van der Waals surface area contributed by atoms with Crippen LogP contribution in [0.25, 0.3) is 10.8 Å². The number of hydrogen-bond donors (Lipinski definition) is 1. The van der Waals surface area contributed by atoms with Crippen LogP contribution in [0.15, 0.2) is 54.9 Å². The Morgan fingerprint density at radius 2 is 1.95 bits per heavy atom. The van der Waals surface area contributed by atoms with Crippen LogP contribution in [0.4, 0.5) is 10.1 Å². The minimum atomic E-state index is -0.160. The van der Waals surface area contributed by atoms with Gasteiger partial charge >= 0.3 is 0 Å². The Kier molecular flexibility index (Phi) is 3.33. The van der Waals surface area contributed by atoms with Gasteiger partial charge in [0.25, 0.3) is 0 Å². The average molecular weight is 266 g/mol. The Bertz CT molecular complexity index is 753. The van der Waals surface area contributed by atoms with E-state index in [4.69, 9.17) is 0 Å². The molecule has 1 aromatic heterocycles. The molecule has 1 N–H and O–H groups in total. The highest BCUT2D eigenvalue weighted by atomic mass is 19.1. The van der Waals surface area contributed by atoms with Crippen LogP contribution in [0.2, 0.25) is 0 Å². The van der Waals surface area contributed by atoms with Crippen molar-refractivity contribution in [2.24, 2.45) is 0 Å². The third-order valence-electron chi connectivity index (χ3n) is 3.36. The fourth-order valence-electron chi connectivity index (χ4n) is 2.21. The fourth-order valence-corrected chi connectivity index (χ4v) is 2.21. The molecule has 2 nitrogen and oxygen atoms in total. The zero-order valence-electron chi connectivity index (χ0n) is 11.2. The number of halogens is 1. The van der Waals surface area contributed by atoms with Gasteiger partial charge in [-0.3, -0.25) is 4.98 Å². The third-order valence-corrected chi connectivity index (χ3v) is 3.36. The first-order chi connectivity index (χ1) is 9.72. The van der Waals surface area contributed by atoms with Crippen molar-refractivity contribution >= 4 is 16.5 Å². The van der Waals surface area contributed by atoms with Crippen LogP contribution in [0.3, 0.4) is 0 Å². The monoisotopic (exact) mass is 266 g/mol. The minimum absolute atomic E-state index is 0.160. The van der Waals surface area contributed by atoms with E-state index in [-0.39, 0.29) is 5.82 Å². The van der Waals surface area contributed by atoms with Crippen LogP contribution in [0, 0.1) is 12.7 Å². The molecule has 0 radical (unpaired) electrons.